The summed E-state index contributed by atoms with van der Waals surface area (Å²) >= 11 is 6.03. The quantitative estimate of drug-likeness (QED) is 0.834. The summed E-state index contributed by atoms with van der Waals surface area (Å²) < 4.78 is 0. The topological polar surface area (TPSA) is 52.9 Å². The average molecular weight is 263 g/mol. The molecule has 0 bridgehead atoms. The number of nitrogens with zero attached hydrogens (tertiary/aromatic N) is 1. The van der Waals surface area contributed by atoms with Crippen molar-refractivity contribution in [1.82, 2.24) is 5.32 Å². The summed E-state index contributed by atoms with van der Waals surface area (Å²) in [5, 5.41) is 12.0. The van der Waals surface area contributed by atoms with E-state index >= 15 is 0 Å². The van der Waals surface area contributed by atoms with Crippen molar-refractivity contribution < 1.29 is 4.79 Å². The minimum absolute atomic E-state index is 0.0717. The minimum Gasteiger partial charge on any atom is -0.349 e. The molecule has 1 aliphatic rings. The van der Waals surface area contributed by atoms with Crippen LogP contribution in [0.5, 0.6) is 0 Å². The normalized spacial score (nSPS) is 23.1. The standard InChI is InChI=1S/C14H15ClN2O/c15-12-5-7-13(8-6-12)17-14(18)11-3-1-10(9-16)2-4-11/h1-4,12-13H,5-8H2,(H,17,18). The molecule has 1 amide bonds. The maximum absolute atomic E-state index is 12.0. The van der Waals surface area contributed by atoms with E-state index in [1.807, 2.05) is 6.07 Å². The van der Waals surface area contributed by atoms with Crippen LogP contribution in [-0.2, 0) is 0 Å². The lowest BCUT2D eigenvalue weighted by Crippen LogP contribution is -2.37. The summed E-state index contributed by atoms with van der Waals surface area (Å²) in [7, 11) is 0. The lowest BCUT2D eigenvalue weighted by Gasteiger charge is -2.25. The van der Waals surface area contributed by atoms with Gasteiger partial charge in [-0.15, -0.1) is 11.6 Å². The van der Waals surface area contributed by atoms with E-state index < -0.39 is 0 Å². The zero-order valence-corrected chi connectivity index (χ0v) is 10.8. The van der Waals surface area contributed by atoms with Gasteiger partial charge < -0.3 is 5.32 Å². The van der Waals surface area contributed by atoms with E-state index in [-0.39, 0.29) is 17.3 Å². The second kappa shape index (κ2) is 5.88. The van der Waals surface area contributed by atoms with Crippen molar-refractivity contribution in [3.8, 4) is 6.07 Å². The van der Waals surface area contributed by atoms with Crippen molar-refractivity contribution in [2.24, 2.45) is 0 Å². The largest absolute Gasteiger partial charge is 0.349 e. The van der Waals surface area contributed by atoms with Gasteiger partial charge in [0, 0.05) is 17.0 Å². The molecular weight excluding hydrogens is 248 g/mol. The Morgan fingerprint density at radius 3 is 2.39 bits per heavy atom. The van der Waals surface area contributed by atoms with Crippen LogP contribution in [0.25, 0.3) is 0 Å². The van der Waals surface area contributed by atoms with Gasteiger partial charge in [0.05, 0.1) is 11.6 Å². The van der Waals surface area contributed by atoms with Gasteiger partial charge in [0.25, 0.3) is 5.91 Å². The summed E-state index contributed by atoms with van der Waals surface area (Å²) in [5.41, 5.74) is 1.16. The highest BCUT2D eigenvalue weighted by Crippen LogP contribution is 2.23. The van der Waals surface area contributed by atoms with E-state index in [0.29, 0.717) is 11.1 Å². The van der Waals surface area contributed by atoms with Gasteiger partial charge in [0.15, 0.2) is 0 Å². The molecule has 0 heterocycles. The molecule has 1 saturated carbocycles. The van der Waals surface area contributed by atoms with Crippen LogP contribution in [0, 0.1) is 11.3 Å². The molecule has 0 aromatic heterocycles. The molecule has 4 heteroatoms. The molecule has 1 aliphatic carbocycles. The number of carbonyl (C=O) groups is 1. The summed E-state index contributed by atoms with van der Waals surface area (Å²) in [6, 6.07) is 8.94. The first-order valence-corrected chi connectivity index (χ1v) is 6.58. The maximum Gasteiger partial charge on any atom is 0.251 e. The summed E-state index contributed by atoms with van der Waals surface area (Å²) in [6.07, 6.45) is 3.80. The molecule has 2 rings (SSSR count). The molecule has 1 N–H and O–H groups in total. The molecule has 1 aromatic carbocycles. The fourth-order valence-corrected chi connectivity index (χ4v) is 2.41. The van der Waals surface area contributed by atoms with Gasteiger partial charge in [-0.25, -0.2) is 0 Å². The average Bonchev–Trinajstić information content (AvgIpc) is 2.41. The summed E-state index contributed by atoms with van der Waals surface area (Å²) in [4.78, 5) is 12.0. The lowest BCUT2D eigenvalue weighted by atomic mass is 9.95. The molecule has 0 saturated heterocycles. The van der Waals surface area contributed by atoms with Crippen LogP contribution in [0.3, 0.4) is 0 Å². The van der Waals surface area contributed by atoms with Crippen LogP contribution in [0.2, 0.25) is 0 Å². The third-order valence-corrected chi connectivity index (χ3v) is 3.70. The maximum atomic E-state index is 12.0. The van der Waals surface area contributed by atoms with Crippen LogP contribution in [0.15, 0.2) is 24.3 Å². The highest BCUT2D eigenvalue weighted by molar-refractivity contribution is 6.20. The van der Waals surface area contributed by atoms with E-state index in [0.717, 1.165) is 25.7 Å². The Balaban J connectivity index is 1.93. The molecule has 0 radical (unpaired) electrons. The van der Waals surface area contributed by atoms with Gasteiger partial charge in [0.2, 0.25) is 0 Å². The van der Waals surface area contributed by atoms with Gasteiger partial charge in [-0.05, 0) is 49.9 Å². The lowest BCUT2D eigenvalue weighted by molar-refractivity contribution is 0.0928. The van der Waals surface area contributed by atoms with E-state index in [9.17, 15) is 4.79 Å². The second-order valence-corrected chi connectivity index (χ2v) is 5.23. The molecule has 18 heavy (non-hydrogen) atoms. The fraction of sp³-hybridized carbons (Fsp3) is 0.429. The van der Waals surface area contributed by atoms with Crippen LogP contribution < -0.4 is 5.32 Å². The number of nitrogens with one attached hydrogen (secondary N) is 1. The van der Waals surface area contributed by atoms with Gasteiger partial charge in [-0.1, -0.05) is 0 Å². The van der Waals surface area contributed by atoms with Gasteiger partial charge >= 0.3 is 0 Å². The van der Waals surface area contributed by atoms with Crippen LogP contribution in [0.4, 0.5) is 0 Å². The number of alkyl halides is 1. The number of hydrogen-bond acceptors (Lipinski definition) is 2. The Kier molecular flexibility index (Phi) is 4.22. The number of carbonyl (C=O) groups excluding carboxylic acids is 1. The number of halogens is 1. The smallest absolute Gasteiger partial charge is 0.251 e. The van der Waals surface area contributed by atoms with E-state index in [4.69, 9.17) is 16.9 Å². The van der Waals surface area contributed by atoms with Crippen molar-refractivity contribution in [2.75, 3.05) is 0 Å². The summed E-state index contributed by atoms with van der Waals surface area (Å²) in [5.74, 6) is -0.0717. The van der Waals surface area contributed by atoms with E-state index in [1.165, 1.54) is 0 Å². The highest BCUT2D eigenvalue weighted by atomic mass is 35.5. The predicted molar refractivity (Wildman–Crippen MR) is 70.5 cm³/mol. The molecule has 0 spiro atoms. The first kappa shape index (κ1) is 12.9. The molecular formula is C14H15ClN2O. The van der Waals surface area contributed by atoms with Crippen LogP contribution in [0.1, 0.15) is 41.6 Å². The van der Waals surface area contributed by atoms with Crippen molar-refractivity contribution in [2.45, 2.75) is 37.1 Å². The molecule has 94 valence electrons. The fourth-order valence-electron chi connectivity index (χ4n) is 2.16. The Labute approximate surface area is 112 Å². The first-order valence-electron chi connectivity index (χ1n) is 6.14. The zero-order chi connectivity index (χ0) is 13.0. The predicted octanol–water partition coefficient (Wildman–Crippen LogP) is 2.84. The van der Waals surface area contributed by atoms with Gasteiger partial charge in [-0.3, -0.25) is 4.79 Å². The van der Waals surface area contributed by atoms with E-state index in [2.05, 4.69) is 5.32 Å². The molecule has 1 fully saturated rings. The number of nitriles is 1. The molecule has 3 nitrogen and oxygen atoms in total. The van der Waals surface area contributed by atoms with Crippen molar-refractivity contribution in [3.05, 3.63) is 35.4 Å². The monoisotopic (exact) mass is 262 g/mol. The van der Waals surface area contributed by atoms with Gasteiger partial charge in [0.1, 0.15) is 0 Å². The van der Waals surface area contributed by atoms with Gasteiger partial charge in [-0.2, -0.15) is 5.26 Å². The zero-order valence-electron chi connectivity index (χ0n) is 10.0. The van der Waals surface area contributed by atoms with Crippen LogP contribution in [-0.4, -0.2) is 17.3 Å². The Morgan fingerprint density at radius 2 is 1.83 bits per heavy atom. The van der Waals surface area contributed by atoms with Crippen molar-refractivity contribution in [3.63, 3.8) is 0 Å². The first-order chi connectivity index (χ1) is 8.69. The molecule has 0 unspecified atom stereocenters. The summed E-state index contributed by atoms with van der Waals surface area (Å²) in [6.45, 7) is 0. The third-order valence-electron chi connectivity index (χ3n) is 3.27. The second-order valence-electron chi connectivity index (χ2n) is 4.61. The molecule has 0 atom stereocenters. The number of rotatable bonds is 2. The molecule has 1 aromatic rings. The van der Waals surface area contributed by atoms with Crippen LogP contribution >= 0.6 is 11.6 Å². The number of benzene rings is 1. The third kappa shape index (κ3) is 3.24. The van der Waals surface area contributed by atoms with Crippen molar-refractivity contribution in [1.29, 1.82) is 5.26 Å². The van der Waals surface area contributed by atoms with E-state index in [1.54, 1.807) is 24.3 Å². The van der Waals surface area contributed by atoms with Crippen molar-refractivity contribution >= 4 is 17.5 Å². The SMILES string of the molecule is N#Cc1ccc(C(=O)NC2CCC(Cl)CC2)cc1. The Bertz CT molecular complexity index is 456. The Hall–Kier alpha value is -1.53. The highest BCUT2D eigenvalue weighted by Gasteiger charge is 2.21. The number of amides is 1. The minimum atomic E-state index is -0.0717. The molecule has 0 aliphatic heterocycles. The Morgan fingerprint density at radius 1 is 1.22 bits per heavy atom. The number of hydrogen-bond donors (Lipinski definition) is 1.